The topological polar surface area (TPSA) is 58.6 Å². The van der Waals surface area contributed by atoms with Crippen molar-refractivity contribution in [2.45, 2.75) is 19.8 Å². The molecular weight excluding hydrogens is 214 g/mol. The monoisotopic (exact) mass is 235 g/mol. The van der Waals surface area contributed by atoms with Gasteiger partial charge in [0.25, 0.3) is 0 Å². The molecule has 2 N–H and O–H groups in total. The van der Waals surface area contributed by atoms with E-state index in [1.807, 2.05) is 18.7 Å². The van der Waals surface area contributed by atoms with Gasteiger partial charge >= 0.3 is 5.97 Å². The highest BCUT2D eigenvalue weighted by atomic mass is 32.2. The van der Waals surface area contributed by atoms with Crippen LogP contribution in [0.4, 0.5) is 0 Å². The van der Waals surface area contributed by atoms with Crippen LogP contribution in [0.2, 0.25) is 0 Å². The Morgan fingerprint density at radius 2 is 2.20 bits per heavy atom. The molecule has 5 heteroatoms. The second-order valence-corrected chi connectivity index (χ2v) is 4.22. The quantitative estimate of drug-likeness (QED) is 0.430. The summed E-state index contributed by atoms with van der Waals surface area (Å²) in [5.74, 6) is 1.87. The van der Waals surface area contributed by atoms with Crippen molar-refractivity contribution in [3.05, 3.63) is 0 Å². The number of aliphatic hydroxyl groups excluding tert-OH is 1. The Kier molecular flexibility index (Phi) is 11.6. The van der Waals surface area contributed by atoms with E-state index in [0.29, 0.717) is 19.6 Å². The van der Waals surface area contributed by atoms with Crippen LogP contribution in [-0.4, -0.2) is 48.9 Å². The average Bonchev–Trinajstić information content (AvgIpc) is 2.22. The number of thioether (sulfide) groups is 1. The molecule has 0 atom stereocenters. The summed E-state index contributed by atoms with van der Waals surface area (Å²) in [6.45, 7) is 4.11. The number of aliphatic hydroxyl groups is 1. The fraction of sp³-hybridized carbons (Fsp3) is 0.900. The zero-order valence-electron chi connectivity index (χ0n) is 9.33. The zero-order valence-corrected chi connectivity index (χ0v) is 10.1. The van der Waals surface area contributed by atoms with E-state index in [9.17, 15) is 4.79 Å². The number of hydrogen-bond acceptors (Lipinski definition) is 5. The lowest BCUT2D eigenvalue weighted by molar-refractivity contribution is -0.142. The van der Waals surface area contributed by atoms with Gasteiger partial charge in [-0.1, -0.05) is 0 Å². The number of nitrogens with one attached hydrogen (secondary N) is 1. The van der Waals surface area contributed by atoms with Crippen molar-refractivity contribution in [2.75, 3.05) is 37.8 Å². The lowest BCUT2D eigenvalue weighted by atomic mass is 10.4. The predicted molar refractivity (Wildman–Crippen MR) is 63.1 cm³/mol. The zero-order chi connectivity index (χ0) is 11.4. The van der Waals surface area contributed by atoms with Gasteiger partial charge in [-0.25, -0.2) is 0 Å². The molecule has 0 bridgehead atoms. The van der Waals surface area contributed by atoms with Gasteiger partial charge in [0.1, 0.15) is 0 Å². The van der Waals surface area contributed by atoms with E-state index in [1.54, 1.807) is 0 Å². The molecule has 4 nitrogen and oxygen atoms in total. The highest BCUT2D eigenvalue weighted by molar-refractivity contribution is 7.99. The van der Waals surface area contributed by atoms with Crippen LogP contribution in [0.5, 0.6) is 0 Å². The fourth-order valence-electron chi connectivity index (χ4n) is 0.962. The van der Waals surface area contributed by atoms with Crippen LogP contribution in [0.25, 0.3) is 0 Å². The molecule has 0 aliphatic carbocycles. The molecule has 0 aliphatic heterocycles. The Morgan fingerprint density at radius 1 is 1.40 bits per heavy atom. The van der Waals surface area contributed by atoms with Crippen molar-refractivity contribution in [3.8, 4) is 0 Å². The largest absolute Gasteiger partial charge is 0.466 e. The molecule has 0 saturated carbocycles. The van der Waals surface area contributed by atoms with Crippen LogP contribution in [0.3, 0.4) is 0 Å². The van der Waals surface area contributed by atoms with Crippen LogP contribution >= 0.6 is 11.8 Å². The first-order chi connectivity index (χ1) is 7.31. The van der Waals surface area contributed by atoms with Crippen molar-refractivity contribution < 1.29 is 14.6 Å². The minimum atomic E-state index is -0.141. The van der Waals surface area contributed by atoms with Gasteiger partial charge in [-0.3, -0.25) is 4.79 Å². The highest BCUT2D eigenvalue weighted by Crippen LogP contribution is 1.99. The standard InChI is InChI=1S/C10H21NO3S/c1-2-14-10(13)4-5-11-6-9-15-8-3-7-12/h11-12H,2-9H2,1H3. The molecule has 90 valence electrons. The lowest BCUT2D eigenvalue weighted by Gasteiger charge is -2.04. The second kappa shape index (κ2) is 11.8. The maximum atomic E-state index is 10.9. The van der Waals surface area contributed by atoms with E-state index in [0.717, 1.165) is 24.5 Å². The smallest absolute Gasteiger partial charge is 0.307 e. The lowest BCUT2D eigenvalue weighted by Crippen LogP contribution is -2.21. The number of ether oxygens (including phenoxy) is 1. The summed E-state index contributed by atoms with van der Waals surface area (Å²) < 4.78 is 4.79. The van der Waals surface area contributed by atoms with E-state index < -0.39 is 0 Å². The molecular formula is C10H21NO3S. The minimum absolute atomic E-state index is 0.141. The van der Waals surface area contributed by atoms with Crippen LogP contribution in [0.1, 0.15) is 19.8 Å². The third kappa shape index (κ3) is 11.7. The molecule has 0 heterocycles. The van der Waals surface area contributed by atoms with Gasteiger partial charge < -0.3 is 15.2 Å². The number of carbonyl (C=O) groups is 1. The summed E-state index contributed by atoms with van der Waals surface area (Å²) in [7, 11) is 0. The molecule has 0 aromatic carbocycles. The average molecular weight is 235 g/mol. The number of rotatable bonds is 10. The summed E-state index contributed by atoms with van der Waals surface area (Å²) in [6, 6.07) is 0. The van der Waals surface area contributed by atoms with E-state index in [-0.39, 0.29) is 12.6 Å². The molecule has 0 aromatic heterocycles. The maximum absolute atomic E-state index is 10.9. The van der Waals surface area contributed by atoms with Crippen molar-refractivity contribution in [2.24, 2.45) is 0 Å². The normalized spacial score (nSPS) is 10.3. The molecule has 0 fully saturated rings. The van der Waals surface area contributed by atoms with Crippen molar-refractivity contribution in [1.29, 1.82) is 0 Å². The molecule has 0 aliphatic rings. The third-order valence-corrected chi connectivity index (χ3v) is 2.75. The van der Waals surface area contributed by atoms with E-state index in [4.69, 9.17) is 9.84 Å². The van der Waals surface area contributed by atoms with Crippen LogP contribution in [0, 0.1) is 0 Å². The molecule has 15 heavy (non-hydrogen) atoms. The summed E-state index contributed by atoms with van der Waals surface area (Å²) >= 11 is 1.81. The number of carbonyl (C=O) groups excluding carboxylic acids is 1. The number of hydrogen-bond donors (Lipinski definition) is 2. The SMILES string of the molecule is CCOC(=O)CCNCCSCCCO. The fourth-order valence-corrected chi connectivity index (χ4v) is 1.79. The van der Waals surface area contributed by atoms with E-state index in [2.05, 4.69) is 5.32 Å². The maximum Gasteiger partial charge on any atom is 0.307 e. The van der Waals surface area contributed by atoms with E-state index >= 15 is 0 Å². The molecule has 0 unspecified atom stereocenters. The first kappa shape index (κ1) is 14.7. The Balaban J connectivity index is 3.01. The summed E-state index contributed by atoms with van der Waals surface area (Å²) in [4.78, 5) is 10.9. The van der Waals surface area contributed by atoms with Gasteiger partial charge in [-0.2, -0.15) is 11.8 Å². The minimum Gasteiger partial charge on any atom is -0.466 e. The third-order valence-electron chi connectivity index (χ3n) is 1.68. The van der Waals surface area contributed by atoms with Gasteiger partial charge in [-0.05, 0) is 19.1 Å². The summed E-state index contributed by atoms with van der Waals surface area (Å²) in [5, 5.41) is 11.7. The number of esters is 1. The van der Waals surface area contributed by atoms with Crippen molar-refractivity contribution >= 4 is 17.7 Å². The molecule has 0 aromatic rings. The van der Waals surface area contributed by atoms with Crippen LogP contribution in [0.15, 0.2) is 0 Å². The van der Waals surface area contributed by atoms with Gasteiger partial charge in [0.05, 0.1) is 13.0 Å². The molecule has 0 spiro atoms. The molecule has 0 amide bonds. The van der Waals surface area contributed by atoms with Crippen LogP contribution in [-0.2, 0) is 9.53 Å². The predicted octanol–water partition coefficient (Wildman–Crippen LogP) is 0.645. The van der Waals surface area contributed by atoms with Gasteiger partial charge in [0.2, 0.25) is 0 Å². The summed E-state index contributed by atoms with van der Waals surface area (Å²) in [5.41, 5.74) is 0. The first-order valence-electron chi connectivity index (χ1n) is 5.36. The van der Waals surface area contributed by atoms with E-state index in [1.165, 1.54) is 0 Å². The molecule has 0 rings (SSSR count). The van der Waals surface area contributed by atoms with Gasteiger partial charge in [0.15, 0.2) is 0 Å². The second-order valence-electron chi connectivity index (χ2n) is 2.99. The Hall–Kier alpha value is -0.260. The molecule has 0 saturated heterocycles. The van der Waals surface area contributed by atoms with Crippen molar-refractivity contribution in [3.63, 3.8) is 0 Å². The summed E-state index contributed by atoms with van der Waals surface area (Å²) in [6.07, 6.45) is 1.29. The molecule has 0 radical (unpaired) electrons. The Bertz CT molecular complexity index is 156. The van der Waals surface area contributed by atoms with Gasteiger partial charge in [-0.15, -0.1) is 0 Å². The van der Waals surface area contributed by atoms with Crippen molar-refractivity contribution in [1.82, 2.24) is 5.32 Å². The Morgan fingerprint density at radius 3 is 2.87 bits per heavy atom. The van der Waals surface area contributed by atoms with Crippen LogP contribution < -0.4 is 5.32 Å². The Labute approximate surface area is 95.8 Å². The van der Waals surface area contributed by atoms with Gasteiger partial charge in [0, 0.05) is 25.4 Å². The highest BCUT2D eigenvalue weighted by Gasteiger charge is 1.99. The first-order valence-corrected chi connectivity index (χ1v) is 6.51.